The molecule has 0 unspecified atom stereocenters. The summed E-state index contributed by atoms with van der Waals surface area (Å²) in [7, 11) is -3.40. The molecule has 0 saturated heterocycles. The van der Waals surface area contributed by atoms with Gasteiger partial charge < -0.3 is 4.90 Å². The quantitative estimate of drug-likeness (QED) is 0.790. The summed E-state index contributed by atoms with van der Waals surface area (Å²) in [4.78, 5) is 14.4. The number of carbonyl (C=O) groups excluding carboxylic acids is 1. The molecule has 136 valence electrons. The standard InChI is InChI=1S/C19H17ClFNO3S/c1-12-6-7-14(10-13(12)2)22(15-8-9-26(24,25)11-15)19(23)18-16(20)4-3-5-17(18)21/h3-10,15H,11H2,1-2H3/t15-/m1/s1. The number of rotatable bonds is 3. The zero-order valence-corrected chi connectivity index (χ0v) is 15.8. The molecule has 0 saturated carbocycles. The molecule has 4 nitrogen and oxygen atoms in total. The van der Waals surface area contributed by atoms with Crippen molar-refractivity contribution in [3.8, 4) is 0 Å². The van der Waals surface area contributed by atoms with E-state index in [1.165, 1.54) is 23.1 Å². The highest BCUT2D eigenvalue weighted by Gasteiger charge is 2.34. The zero-order chi connectivity index (χ0) is 19.1. The molecule has 0 N–H and O–H groups in total. The molecule has 26 heavy (non-hydrogen) atoms. The highest BCUT2D eigenvalue weighted by Crippen LogP contribution is 2.29. The molecule has 2 aromatic carbocycles. The zero-order valence-electron chi connectivity index (χ0n) is 14.2. The van der Waals surface area contributed by atoms with Crippen molar-refractivity contribution in [2.45, 2.75) is 19.9 Å². The average Bonchev–Trinajstić information content (AvgIpc) is 2.90. The van der Waals surface area contributed by atoms with Crippen LogP contribution in [-0.4, -0.2) is 26.1 Å². The van der Waals surface area contributed by atoms with Crippen molar-refractivity contribution in [2.24, 2.45) is 0 Å². The molecule has 0 spiro atoms. The van der Waals surface area contributed by atoms with E-state index in [-0.39, 0.29) is 16.3 Å². The first-order chi connectivity index (χ1) is 12.2. The highest BCUT2D eigenvalue weighted by atomic mass is 35.5. The lowest BCUT2D eigenvalue weighted by atomic mass is 10.1. The van der Waals surface area contributed by atoms with Crippen molar-refractivity contribution in [1.82, 2.24) is 0 Å². The number of anilines is 1. The van der Waals surface area contributed by atoms with E-state index in [0.29, 0.717) is 5.69 Å². The highest BCUT2D eigenvalue weighted by molar-refractivity contribution is 7.94. The fraction of sp³-hybridized carbons (Fsp3) is 0.211. The average molecular weight is 394 g/mol. The van der Waals surface area contributed by atoms with Crippen LogP contribution in [0, 0.1) is 19.7 Å². The molecule has 0 radical (unpaired) electrons. The van der Waals surface area contributed by atoms with E-state index >= 15 is 0 Å². The molecule has 1 heterocycles. The lowest BCUT2D eigenvalue weighted by Gasteiger charge is -2.28. The number of hydrogen-bond acceptors (Lipinski definition) is 3. The van der Waals surface area contributed by atoms with Gasteiger partial charge in [0.25, 0.3) is 5.91 Å². The molecule has 2 aromatic rings. The third kappa shape index (κ3) is 3.52. The maximum atomic E-state index is 14.3. The largest absolute Gasteiger partial charge is 0.300 e. The molecule has 1 amide bonds. The van der Waals surface area contributed by atoms with Crippen LogP contribution in [0.4, 0.5) is 10.1 Å². The van der Waals surface area contributed by atoms with Gasteiger partial charge in [-0.05, 0) is 55.3 Å². The van der Waals surface area contributed by atoms with E-state index in [2.05, 4.69) is 0 Å². The fourth-order valence-corrected chi connectivity index (χ4v) is 4.39. The molecule has 0 aliphatic carbocycles. The van der Waals surface area contributed by atoms with Crippen molar-refractivity contribution in [3.63, 3.8) is 0 Å². The van der Waals surface area contributed by atoms with Crippen LogP contribution in [0.5, 0.6) is 0 Å². The number of halogens is 2. The molecular formula is C19H17ClFNO3S. The summed E-state index contributed by atoms with van der Waals surface area (Å²) in [5.74, 6) is -1.68. The van der Waals surface area contributed by atoms with Gasteiger partial charge in [-0.2, -0.15) is 0 Å². The van der Waals surface area contributed by atoms with Crippen LogP contribution in [0.3, 0.4) is 0 Å². The van der Waals surface area contributed by atoms with Gasteiger partial charge in [0.2, 0.25) is 0 Å². The summed E-state index contributed by atoms with van der Waals surface area (Å²) in [6.45, 7) is 3.82. The number of carbonyl (C=O) groups is 1. The van der Waals surface area contributed by atoms with E-state index in [9.17, 15) is 17.6 Å². The van der Waals surface area contributed by atoms with Crippen molar-refractivity contribution in [1.29, 1.82) is 0 Å². The van der Waals surface area contributed by atoms with Gasteiger partial charge >= 0.3 is 0 Å². The Bertz CT molecular complexity index is 997. The van der Waals surface area contributed by atoms with Crippen molar-refractivity contribution in [2.75, 3.05) is 10.7 Å². The van der Waals surface area contributed by atoms with E-state index in [1.807, 2.05) is 19.9 Å². The van der Waals surface area contributed by atoms with Crippen LogP contribution in [0.1, 0.15) is 21.5 Å². The van der Waals surface area contributed by atoms with Crippen LogP contribution in [0.15, 0.2) is 47.9 Å². The summed E-state index contributed by atoms with van der Waals surface area (Å²) in [6.07, 6.45) is 1.44. The first-order valence-electron chi connectivity index (χ1n) is 7.95. The summed E-state index contributed by atoms with van der Waals surface area (Å²) in [6, 6.07) is 8.59. The molecule has 0 bridgehead atoms. The first-order valence-corrected chi connectivity index (χ1v) is 10.0. The van der Waals surface area contributed by atoms with E-state index in [1.54, 1.807) is 12.1 Å². The van der Waals surface area contributed by atoms with Gasteiger partial charge in [-0.1, -0.05) is 23.7 Å². The Morgan fingerprint density at radius 1 is 1.19 bits per heavy atom. The van der Waals surface area contributed by atoms with Crippen molar-refractivity contribution >= 4 is 33.0 Å². The number of benzene rings is 2. The van der Waals surface area contributed by atoms with Crippen molar-refractivity contribution in [3.05, 3.63) is 75.4 Å². The molecule has 3 rings (SSSR count). The monoisotopic (exact) mass is 393 g/mol. The third-order valence-electron chi connectivity index (χ3n) is 4.41. The Morgan fingerprint density at radius 3 is 2.50 bits per heavy atom. The Morgan fingerprint density at radius 2 is 1.92 bits per heavy atom. The van der Waals surface area contributed by atoms with Crippen molar-refractivity contribution < 1.29 is 17.6 Å². The Hall–Kier alpha value is -2.18. The van der Waals surface area contributed by atoms with Gasteiger partial charge in [0.15, 0.2) is 9.84 Å². The predicted octanol–water partition coefficient (Wildman–Crippen LogP) is 4.05. The molecule has 0 fully saturated rings. The Balaban J connectivity index is 2.13. The molecule has 1 aliphatic heterocycles. The molecule has 1 aliphatic rings. The lowest BCUT2D eigenvalue weighted by Crippen LogP contribution is -2.41. The first kappa shape index (κ1) is 18.6. The van der Waals surface area contributed by atoms with Gasteiger partial charge in [0, 0.05) is 11.1 Å². The van der Waals surface area contributed by atoms with E-state index in [4.69, 9.17) is 11.6 Å². The van der Waals surface area contributed by atoms with Crippen LogP contribution < -0.4 is 4.90 Å². The number of sulfone groups is 1. The number of aryl methyl sites for hydroxylation is 2. The second-order valence-electron chi connectivity index (χ2n) is 6.27. The minimum atomic E-state index is -3.40. The Kier molecular flexibility index (Phi) is 4.90. The third-order valence-corrected chi connectivity index (χ3v) is 6.10. The maximum Gasteiger partial charge on any atom is 0.263 e. The summed E-state index contributed by atoms with van der Waals surface area (Å²) >= 11 is 6.05. The maximum absolute atomic E-state index is 14.3. The normalized spacial score (nSPS) is 18.1. The minimum absolute atomic E-state index is 0.0198. The van der Waals surface area contributed by atoms with Crippen LogP contribution in [-0.2, 0) is 9.84 Å². The predicted molar refractivity (Wildman–Crippen MR) is 101 cm³/mol. The Labute approximate surface area is 156 Å². The van der Waals surface area contributed by atoms with E-state index in [0.717, 1.165) is 22.6 Å². The lowest BCUT2D eigenvalue weighted by molar-refractivity contribution is 0.0979. The summed E-state index contributed by atoms with van der Waals surface area (Å²) < 4.78 is 38.0. The topological polar surface area (TPSA) is 54.5 Å². The number of nitrogens with zero attached hydrogens (tertiary/aromatic N) is 1. The molecular weight excluding hydrogens is 377 g/mol. The molecule has 1 atom stereocenters. The fourth-order valence-electron chi connectivity index (χ4n) is 2.88. The van der Waals surface area contributed by atoms with Crippen LogP contribution >= 0.6 is 11.6 Å². The van der Waals surface area contributed by atoms with Crippen LogP contribution in [0.25, 0.3) is 0 Å². The summed E-state index contributed by atoms with van der Waals surface area (Å²) in [5.41, 5.74) is 2.18. The van der Waals surface area contributed by atoms with Gasteiger partial charge in [-0.3, -0.25) is 4.79 Å². The second kappa shape index (κ2) is 6.85. The van der Waals surface area contributed by atoms with Crippen LogP contribution in [0.2, 0.25) is 5.02 Å². The van der Waals surface area contributed by atoms with Gasteiger partial charge in [0.05, 0.1) is 22.4 Å². The van der Waals surface area contributed by atoms with E-state index < -0.39 is 27.6 Å². The molecule has 0 aromatic heterocycles. The van der Waals surface area contributed by atoms with Gasteiger partial charge in [0.1, 0.15) is 5.82 Å². The minimum Gasteiger partial charge on any atom is -0.300 e. The second-order valence-corrected chi connectivity index (χ2v) is 8.60. The number of amides is 1. The smallest absolute Gasteiger partial charge is 0.263 e. The summed E-state index contributed by atoms with van der Waals surface area (Å²) in [5, 5.41) is 1.07. The molecule has 7 heteroatoms. The SMILES string of the molecule is Cc1ccc(N(C(=O)c2c(F)cccc2Cl)[C@@H]2C=CS(=O)(=O)C2)cc1C. The van der Waals surface area contributed by atoms with Gasteiger partial charge in [-0.15, -0.1) is 0 Å². The number of hydrogen-bond donors (Lipinski definition) is 0. The van der Waals surface area contributed by atoms with Gasteiger partial charge in [-0.25, -0.2) is 12.8 Å².